The normalized spacial score (nSPS) is 13.2. The summed E-state index contributed by atoms with van der Waals surface area (Å²) in [7, 11) is 0. The Balaban J connectivity index is 1.61. The second-order valence-electron chi connectivity index (χ2n) is 12.3. The largest absolute Gasteiger partial charge is 0.493 e. The number of rotatable bonds is 28. The minimum Gasteiger partial charge on any atom is -0.493 e. The highest BCUT2D eigenvalue weighted by Gasteiger charge is 2.38. The van der Waals surface area contributed by atoms with Crippen LogP contribution < -0.4 is 10.1 Å². The predicted molar refractivity (Wildman–Crippen MR) is 200 cm³/mol. The number of nitriles is 3. The molecule has 0 aromatic heterocycles. The maximum atomic E-state index is 12.2. The molecule has 0 saturated heterocycles. The molecule has 53 heavy (non-hydrogen) atoms. The fraction of sp³-hybridized carbons (Fsp3) is 0.579. The molecule has 1 aromatic rings. The van der Waals surface area contributed by atoms with Gasteiger partial charge < -0.3 is 33.7 Å². The molecule has 0 saturated carbocycles. The van der Waals surface area contributed by atoms with Crippen molar-refractivity contribution in [3.8, 4) is 24.0 Å². The van der Waals surface area contributed by atoms with Crippen LogP contribution in [0.25, 0.3) is 16.5 Å². The Morgan fingerprint density at radius 2 is 1.51 bits per heavy atom. The molecule has 1 amide bonds. The third kappa shape index (κ3) is 17.7. The van der Waals surface area contributed by atoms with Crippen molar-refractivity contribution in [3.05, 3.63) is 62.8 Å². The molecule has 1 N–H and O–H groups in total. The second-order valence-corrected chi connectivity index (χ2v) is 12.6. The Kier molecular flexibility index (Phi) is 22.8. The van der Waals surface area contributed by atoms with Gasteiger partial charge in [-0.1, -0.05) is 36.2 Å². The lowest BCUT2D eigenvalue weighted by Gasteiger charge is -2.20. The van der Waals surface area contributed by atoms with E-state index in [1.165, 1.54) is 0 Å². The van der Waals surface area contributed by atoms with Crippen molar-refractivity contribution in [2.75, 3.05) is 71.9 Å². The number of nitrogens with zero attached hydrogens (tertiary/aromatic N) is 6. The standard InChI is InChI=1S/C38H50ClN7O7/c1-38(2)33(32(29-42)37(53-38)31(27-40)28-41)13-11-30-12-14-34(45-46-43)35(26-30)52-18-9-5-6-10-36(47)44-16-19-49-21-23-51-25-24-50-22-20-48-17-8-4-3-7-15-39/h11-14,26H,3-10,15-25H2,1-2H3,(H,44,47)/b13-11+. The zero-order valence-electron chi connectivity index (χ0n) is 30.7. The Morgan fingerprint density at radius 3 is 2.15 bits per heavy atom. The van der Waals surface area contributed by atoms with Crippen molar-refractivity contribution >= 4 is 29.3 Å². The van der Waals surface area contributed by atoms with Crippen LogP contribution in [-0.4, -0.2) is 83.4 Å². The molecule has 1 aliphatic heterocycles. The molecule has 0 unspecified atom stereocenters. The summed E-state index contributed by atoms with van der Waals surface area (Å²) in [6.07, 6.45) is 10.3. The molecule has 0 fully saturated rings. The number of carbonyl (C=O) groups is 1. The highest BCUT2D eigenvalue weighted by molar-refractivity contribution is 6.17. The van der Waals surface area contributed by atoms with Crippen molar-refractivity contribution in [3.63, 3.8) is 0 Å². The van der Waals surface area contributed by atoms with Gasteiger partial charge in [0.05, 0.1) is 58.5 Å². The number of ether oxygens (including phenoxy) is 6. The van der Waals surface area contributed by atoms with Crippen LogP contribution in [0.1, 0.15) is 70.8 Å². The van der Waals surface area contributed by atoms with E-state index in [-0.39, 0.29) is 22.8 Å². The maximum Gasteiger partial charge on any atom is 0.220 e. The first-order valence-electron chi connectivity index (χ1n) is 17.8. The molecule has 0 bridgehead atoms. The fourth-order valence-electron chi connectivity index (χ4n) is 5.05. The summed E-state index contributed by atoms with van der Waals surface area (Å²) in [6, 6.07) is 10.7. The average Bonchev–Trinajstić information content (AvgIpc) is 3.41. The average molecular weight is 752 g/mol. The van der Waals surface area contributed by atoms with Crippen LogP contribution in [0.4, 0.5) is 5.69 Å². The van der Waals surface area contributed by atoms with Crippen LogP contribution in [0.5, 0.6) is 5.75 Å². The van der Waals surface area contributed by atoms with Crippen LogP contribution in [0.15, 0.2) is 51.9 Å². The highest BCUT2D eigenvalue weighted by atomic mass is 35.5. The van der Waals surface area contributed by atoms with Crippen molar-refractivity contribution in [2.45, 2.75) is 70.8 Å². The number of alkyl halides is 1. The molecule has 14 nitrogen and oxygen atoms in total. The summed E-state index contributed by atoms with van der Waals surface area (Å²) >= 11 is 5.66. The monoisotopic (exact) mass is 751 g/mol. The van der Waals surface area contributed by atoms with Crippen molar-refractivity contribution in [1.29, 1.82) is 15.8 Å². The number of unbranched alkanes of at least 4 members (excludes halogenated alkanes) is 5. The predicted octanol–water partition coefficient (Wildman–Crippen LogP) is 7.49. The molecule has 286 valence electrons. The Labute approximate surface area is 317 Å². The first-order chi connectivity index (χ1) is 25.8. The Bertz CT molecular complexity index is 1550. The van der Waals surface area contributed by atoms with E-state index in [9.17, 15) is 20.6 Å². The van der Waals surface area contributed by atoms with Crippen molar-refractivity contribution in [2.24, 2.45) is 5.11 Å². The molecular weight excluding hydrogens is 702 g/mol. The SMILES string of the molecule is CC1(C)OC(=C(C#N)C#N)C(C#N)=C1/C=C/c1ccc(N=[N+]=[N-])c(OCCCCCC(=O)NCCOCCOCCOCCOCCCCCCCl)c1. The van der Waals surface area contributed by atoms with E-state index in [2.05, 4.69) is 15.3 Å². The van der Waals surface area contributed by atoms with Crippen LogP contribution in [0.2, 0.25) is 0 Å². The molecule has 1 aromatic carbocycles. The van der Waals surface area contributed by atoms with Gasteiger partial charge in [-0.15, -0.1) is 11.6 Å². The molecule has 1 heterocycles. The number of nitrogens with one attached hydrogen (secondary N) is 1. The van der Waals surface area contributed by atoms with E-state index in [1.54, 1.807) is 56.3 Å². The third-order valence-corrected chi connectivity index (χ3v) is 8.07. The van der Waals surface area contributed by atoms with Crippen molar-refractivity contribution in [1.82, 2.24) is 5.32 Å². The lowest BCUT2D eigenvalue weighted by molar-refractivity contribution is -0.121. The van der Waals surface area contributed by atoms with Gasteiger partial charge in [0.2, 0.25) is 5.91 Å². The van der Waals surface area contributed by atoms with E-state index >= 15 is 0 Å². The van der Waals surface area contributed by atoms with Gasteiger partial charge in [-0.25, -0.2) is 0 Å². The summed E-state index contributed by atoms with van der Waals surface area (Å²) in [6.45, 7) is 8.39. The zero-order chi connectivity index (χ0) is 38.6. The van der Waals surface area contributed by atoms with Gasteiger partial charge in [-0.3, -0.25) is 4.79 Å². The van der Waals surface area contributed by atoms with E-state index < -0.39 is 5.60 Å². The quantitative estimate of drug-likeness (QED) is 0.0223. The van der Waals surface area contributed by atoms with E-state index in [4.69, 9.17) is 45.6 Å². The smallest absolute Gasteiger partial charge is 0.220 e. The summed E-state index contributed by atoms with van der Waals surface area (Å²) in [5, 5.41) is 34.9. The molecule has 1 aliphatic rings. The Morgan fingerprint density at radius 1 is 0.887 bits per heavy atom. The van der Waals surface area contributed by atoms with Gasteiger partial charge in [0, 0.05) is 35.9 Å². The van der Waals surface area contributed by atoms with Gasteiger partial charge in [-0.05, 0) is 69.2 Å². The molecule has 0 radical (unpaired) electrons. The second kappa shape index (κ2) is 27.1. The topological polar surface area (TPSA) is 205 Å². The van der Waals surface area contributed by atoms with E-state index in [0.29, 0.717) is 101 Å². The van der Waals surface area contributed by atoms with Crippen LogP contribution >= 0.6 is 11.6 Å². The minimum atomic E-state index is -0.947. The third-order valence-electron chi connectivity index (χ3n) is 7.81. The van der Waals surface area contributed by atoms with Crippen LogP contribution in [0.3, 0.4) is 0 Å². The Hall–Kier alpha value is -4.58. The van der Waals surface area contributed by atoms with Gasteiger partial charge in [0.1, 0.15) is 35.1 Å². The lowest BCUT2D eigenvalue weighted by atomic mass is 9.94. The molecule has 0 atom stereocenters. The van der Waals surface area contributed by atoms with E-state index in [0.717, 1.165) is 44.6 Å². The number of halogens is 1. The maximum absolute atomic E-state index is 12.2. The number of allylic oxidation sites excluding steroid dienone is 2. The number of benzene rings is 1. The van der Waals surface area contributed by atoms with Gasteiger partial charge >= 0.3 is 0 Å². The number of hydrogen-bond donors (Lipinski definition) is 1. The molecule has 15 heteroatoms. The number of amides is 1. The summed E-state index contributed by atoms with van der Waals surface area (Å²) < 4.78 is 33.7. The van der Waals surface area contributed by atoms with Crippen LogP contribution in [-0.2, 0) is 28.5 Å². The van der Waals surface area contributed by atoms with E-state index in [1.807, 2.05) is 6.07 Å². The van der Waals surface area contributed by atoms with Gasteiger partial charge in [-0.2, -0.15) is 15.8 Å². The molecule has 0 spiro atoms. The lowest BCUT2D eigenvalue weighted by Crippen LogP contribution is -2.27. The first kappa shape index (κ1) is 44.6. The fourth-order valence-corrected chi connectivity index (χ4v) is 5.24. The molecular formula is C38H50ClN7O7. The number of carbonyl (C=O) groups excluding carboxylic acids is 1. The molecule has 2 rings (SSSR count). The number of hydrogen-bond acceptors (Lipinski definition) is 11. The minimum absolute atomic E-state index is 0.0376. The molecule has 0 aliphatic carbocycles. The highest BCUT2D eigenvalue weighted by Crippen LogP contribution is 2.40. The van der Waals surface area contributed by atoms with Gasteiger partial charge in [0.15, 0.2) is 11.3 Å². The number of azide groups is 1. The zero-order valence-corrected chi connectivity index (χ0v) is 31.5. The summed E-state index contributed by atoms with van der Waals surface area (Å²) in [5.41, 5.74) is 9.43. The first-order valence-corrected chi connectivity index (χ1v) is 18.4. The summed E-state index contributed by atoms with van der Waals surface area (Å²) in [5.74, 6) is 1.02. The van der Waals surface area contributed by atoms with Crippen molar-refractivity contribution < 1.29 is 33.2 Å². The summed E-state index contributed by atoms with van der Waals surface area (Å²) in [4.78, 5) is 15.1. The van der Waals surface area contributed by atoms with Gasteiger partial charge in [0.25, 0.3) is 0 Å². The van der Waals surface area contributed by atoms with Crippen LogP contribution in [0, 0.1) is 34.0 Å².